The largest absolute Gasteiger partial charge is 0.497 e. The van der Waals surface area contributed by atoms with Crippen molar-refractivity contribution in [3.63, 3.8) is 0 Å². The van der Waals surface area contributed by atoms with Gasteiger partial charge in [-0.3, -0.25) is 4.79 Å². The van der Waals surface area contributed by atoms with Crippen molar-refractivity contribution in [1.29, 1.82) is 0 Å². The van der Waals surface area contributed by atoms with Gasteiger partial charge < -0.3 is 14.8 Å². The molecule has 0 fully saturated rings. The van der Waals surface area contributed by atoms with E-state index in [2.05, 4.69) is 10.3 Å². The van der Waals surface area contributed by atoms with Crippen molar-refractivity contribution in [2.24, 2.45) is 0 Å². The standard InChI is InChI=1S/C25H19F3N2O3S/c1-32-21-7-2-4-16(12-21)14-33-20-10-8-17(9-11-20)24-30-22(15-34-24)23(31)29-19-6-3-5-18(13-19)25(26,27)28/h2-13,15H,14H2,1H3,(H,29,31). The SMILES string of the molecule is COc1cccc(COc2ccc(-c3nc(C(=O)Nc4cccc(C(F)(F)F)c4)cs3)cc2)c1. The van der Waals surface area contributed by atoms with E-state index in [1.807, 2.05) is 36.4 Å². The van der Waals surface area contributed by atoms with Gasteiger partial charge in [-0.15, -0.1) is 11.3 Å². The average Bonchev–Trinajstić information content (AvgIpc) is 3.33. The molecule has 1 aromatic heterocycles. The summed E-state index contributed by atoms with van der Waals surface area (Å²) in [6.07, 6.45) is -4.49. The number of rotatable bonds is 7. The average molecular weight is 484 g/mol. The van der Waals surface area contributed by atoms with Gasteiger partial charge in [-0.25, -0.2) is 4.98 Å². The number of halogens is 3. The summed E-state index contributed by atoms with van der Waals surface area (Å²) in [7, 11) is 1.61. The normalized spacial score (nSPS) is 11.2. The topological polar surface area (TPSA) is 60.5 Å². The molecule has 0 spiro atoms. The molecule has 9 heteroatoms. The Morgan fingerprint density at radius 1 is 1.00 bits per heavy atom. The Morgan fingerprint density at radius 2 is 1.76 bits per heavy atom. The van der Waals surface area contributed by atoms with E-state index in [9.17, 15) is 18.0 Å². The molecule has 0 aliphatic heterocycles. The number of amides is 1. The van der Waals surface area contributed by atoms with Crippen molar-refractivity contribution in [2.75, 3.05) is 12.4 Å². The van der Waals surface area contributed by atoms with Crippen LogP contribution in [0.2, 0.25) is 0 Å². The minimum atomic E-state index is -4.49. The fourth-order valence-electron chi connectivity index (χ4n) is 3.10. The monoisotopic (exact) mass is 484 g/mol. The maximum Gasteiger partial charge on any atom is 0.416 e. The third-order valence-corrected chi connectivity index (χ3v) is 5.72. The number of nitrogens with zero attached hydrogens (tertiary/aromatic N) is 1. The molecular formula is C25H19F3N2O3S. The Balaban J connectivity index is 1.39. The second-order valence-electron chi connectivity index (χ2n) is 7.24. The lowest BCUT2D eigenvalue weighted by Crippen LogP contribution is -2.13. The highest BCUT2D eigenvalue weighted by Crippen LogP contribution is 2.31. The van der Waals surface area contributed by atoms with E-state index in [1.54, 1.807) is 24.6 Å². The maximum absolute atomic E-state index is 12.9. The second kappa shape index (κ2) is 9.96. The summed E-state index contributed by atoms with van der Waals surface area (Å²) in [6, 6.07) is 19.3. The van der Waals surface area contributed by atoms with Gasteiger partial charge in [0.05, 0.1) is 12.7 Å². The zero-order valence-electron chi connectivity index (χ0n) is 17.9. The van der Waals surface area contributed by atoms with E-state index < -0.39 is 17.6 Å². The van der Waals surface area contributed by atoms with Crippen LogP contribution >= 0.6 is 11.3 Å². The molecule has 0 atom stereocenters. The molecule has 1 heterocycles. The first-order chi connectivity index (χ1) is 16.3. The number of alkyl halides is 3. The molecule has 3 aromatic carbocycles. The highest BCUT2D eigenvalue weighted by Gasteiger charge is 2.30. The predicted octanol–water partition coefficient (Wildman–Crippen LogP) is 6.67. The third kappa shape index (κ3) is 5.74. The van der Waals surface area contributed by atoms with Crippen molar-refractivity contribution >= 4 is 22.9 Å². The molecule has 0 saturated heterocycles. The van der Waals surface area contributed by atoms with Gasteiger partial charge in [0.1, 0.15) is 28.8 Å². The zero-order valence-corrected chi connectivity index (χ0v) is 18.7. The first-order valence-corrected chi connectivity index (χ1v) is 11.0. The van der Waals surface area contributed by atoms with Gasteiger partial charge in [0.15, 0.2) is 0 Å². The van der Waals surface area contributed by atoms with Crippen LogP contribution in [0.5, 0.6) is 11.5 Å². The van der Waals surface area contributed by atoms with Gasteiger partial charge >= 0.3 is 6.18 Å². The van der Waals surface area contributed by atoms with E-state index in [4.69, 9.17) is 9.47 Å². The fourth-order valence-corrected chi connectivity index (χ4v) is 3.91. The molecule has 34 heavy (non-hydrogen) atoms. The Kier molecular flexibility index (Phi) is 6.83. The summed E-state index contributed by atoms with van der Waals surface area (Å²) in [6.45, 7) is 0.383. The summed E-state index contributed by atoms with van der Waals surface area (Å²) in [5.74, 6) is 0.846. The van der Waals surface area contributed by atoms with Crippen LogP contribution in [0.25, 0.3) is 10.6 Å². The number of methoxy groups -OCH3 is 1. The minimum Gasteiger partial charge on any atom is -0.497 e. The minimum absolute atomic E-state index is 0.0481. The predicted molar refractivity (Wildman–Crippen MR) is 124 cm³/mol. The Bertz CT molecular complexity index is 1290. The molecule has 0 bridgehead atoms. The van der Waals surface area contributed by atoms with Crippen LogP contribution in [0, 0.1) is 0 Å². The van der Waals surface area contributed by atoms with E-state index in [0.717, 1.165) is 29.0 Å². The molecule has 0 aliphatic carbocycles. The number of aromatic nitrogens is 1. The Hall–Kier alpha value is -3.85. The van der Waals surface area contributed by atoms with Crippen LogP contribution in [0.3, 0.4) is 0 Å². The van der Waals surface area contributed by atoms with Crippen LogP contribution in [0.15, 0.2) is 78.2 Å². The van der Waals surface area contributed by atoms with Gasteiger partial charge in [0, 0.05) is 16.6 Å². The molecule has 1 amide bonds. The van der Waals surface area contributed by atoms with Crippen LogP contribution in [-0.2, 0) is 12.8 Å². The van der Waals surface area contributed by atoms with Gasteiger partial charge in [0.2, 0.25) is 0 Å². The van der Waals surface area contributed by atoms with Crippen LogP contribution in [0.1, 0.15) is 21.6 Å². The number of thiazole rings is 1. The van der Waals surface area contributed by atoms with Gasteiger partial charge in [-0.05, 0) is 60.2 Å². The number of nitrogens with one attached hydrogen (secondary N) is 1. The van der Waals surface area contributed by atoms with Crippen molar-refractivity contribution in [1.82, 2.24) is 4.98 Å². The summed E-state index contributed by atoms with van der Waals surface area (Å²) >= 11 is 1.26. The lowest BCUT2D eigenvalue weighted by Gasteiger charge is -2.09. The number of ether oxygens (including phenoxy) is 2. The molecule has 4 rings (SSSR count). The van der Waals surface area contributed by atoms with Gasteiger partial charge in [0.25, 0.3) is 5.91 Å². The lowest BCUT2D eigenvalue weighted by atomic mass is 10.2. The van der Waals surface area contributed by atoms with E-state index in [1.165, 1.54) is 23.5 Å². The molecular weight excluding hydrogens is 465 g/mol. The lowest BCUT2D eigenvalue weighted by molar-refractivity contribution is -0.137. The number of carbonyl (C=O) groups is 1. The third-order valence-electron chi connectivity index (χ3n) is 4.83. The molecule has 1 N–H and O–H groups in total. The second-order valence-corrected chi connectivity index (χ2v) is 8.09. The highest BCUT2D eigenvalue weighted by molar-refractivity contribution is 7.13. The van der Waals surface area contributed by atoms with E-state index in [-0.39, 0.29) is 11.4 Å². The van der Waals surface area contributed by atoms with Crippen molar-refractivity contribution in [2.45, 2.75) is 12.8 Å². The Morgan fingerprint density at radius 3 is 2.50 bits per heavy atom. The first-order valence-electron chi connectivity index (χ1n) is 10.1. The zero-order chi connectivity index (χ0) is 24.1. The first kappa shape index (κ1) is 23.3. The van der Waals surface area contributed by atoms with E-state index in [0.29, 0.717) is 17.4 Å². The summed E-state index contributed by atoms with van der Waals surface area (Å²) in [5, 5.41) is 4.63. The highest BCUT2D eigenvalue weighted by atomic mass is 32.1. The fraction of sp³-hybridized carbons (Fsp3) is 0.120. The van der Waals surface area contributed by atoms with Gasteiger partial charge in [-0.1, -0.05) is 18.2 Å². The van der Waals surface area contributed by atoms with Crippen molar-refractivity contribution in [3.05, 3.63) is 95.0 Å². The molecule has 5 nitrogen and oxygen atoms in total. The molecule has 0 saturated carbocycles. The van der Waals surface area contributed by atoms with E-state index >= 15 is 0 Å². The summed E-state index contributed by atoms with van der Waals surface area (Å²) in [5.41, 5.74) is 1.09. The van der Waals surface area contributed by atoms with Crippen molar-refractivity contribution < 1.29 is 27.4 Å². The number of anilines is 1. The van der Waals surface area contributed by atoms with Crippen LogP contribution < -0.4 is 14.8 Å². The molecule has 4 aromatic rings. The van der Waals surface area contributed by atoms with Gasteiger partial charge in [-0.2, -0.15) is 13.2 Å². The van der Waals surface area contributed by atoms with Crippen LogP contribution in [0.4, 0.5) is 18.9 Å². The number of carbonyl (C=O) groups excluding carboxylic acids is 1. The maximum atomic E-state index is 12.9. The quantitative estimate of drug-likeness (QED) is 0.318. The number of benzene rings is 3. The van der Waals surface area contributed by atoms with Crippen molar-refractivity contribution in [3.8, 4) is 22.1 Å². The molecule has 174 valence electrons. The molecule has 0 radical (unpaired) electrons. The Labute approximate surface area is 197 Å². The number of hydrogen-bond donors (Lipinski definition) is 1. The van der Waals surface area contributed by atoms with Crippen LogP contribution in [-0.4, -0.2) is 18.0 Å². The molecule has 0 unspecified atom stereocenters. The molecule has 0 aliphatic rings. The smallest absolute Gasteiger partial charge is 0.416 e. The summed E-state index contributed by atoms with van der Waals surface area (Å²) < 4.78 is 49.6. The summed E-state index contributed by atoms with van der Waals surface area (Å²) in [4.78, 5) is 16.8. The number of hydrogen-bond acceptors (Lipinski definition) is 5.